The van der Waals surface area contributed by atoms with E-state index in [9.17, 15) is 13.2 Å². The van der Waals surface area contributed by atoms with E-state index in [1.165, 1.54) is 4.31 Å². The first-order valence-electron chi connectivity index (χ1n) is 13.9. The quantitative estimate of drug-likeness (QED) is 0.390. The number of hydrogen-bond donors (Lipinski definition) is 1. The van der Waals surface area contributed by atoms with Crippen LogP contribution in [0.25, 0.3) is 0 Å². The van der Waals surface area contributed by atoms with E-state index < -0.39 is 21.7 Å². The molecule has 0 aromatic heterocycles. The Balaban J connectivity index is 1.50. The van der Waals surface area contributed by atoms with Crippen LogP contribution in [0.5, 0.6) is 11.5 Å². The van der Waals surface area contributed by atoms with E-state index in [1.807, 2.05) is 36.4 Å². The van der Waals surface area contributed by atoms with Crippen LogP contribution in [0.3, 0.4) is 0 Å². The molecule has 1 amide bonds. The van der Waals surface area contributed by atoms with Gasteiger partial charge in [-0.15, -0.1) is 0 Å². The fourth-order valence-electron chi connectivity index (χ4n) is 5.50. The number of sulfonamides is 1. The van der Waals surface area contributed by atoms with E-state index in [2.05, 4.69) is 39.9 Å². The van der Waals surface area contributed by atoms with Gasteiger partial charge in [0.1, 0.15) is 17.1 Å². The van der Waals surface area contributed by atoms with E-state index in [4.69, 9.17) is 9.47 Å². The average molecular weight is 563 g/mol. The second-order valence-corrected chi connectivity index (χ2v) is 13.5. The molecule has 0 bridgehead atoms. The van der Waals surface area contributed by atoms with E-state index in [-0.39, 0.29) is 28.8 Å². The molecule has 3 aromatic rings. The Hall–Kier alpha value is -3.52. The molecule has 7 nitrogen and oxygen atoms in total. The zero-order valence-corrected chi connectivity index (χ0v) is 24.6. The Bertz CT molecular complexity index is 1490. The van der Waals surface area contributed by atoms with Crippen molar-refractivity contribution < 1.29 is 22.7 Å². The van der Waals surface area contributed by atoms with Gasteiger partial charge in [0.2, 0.25) is 0 Å². The van der Waals surface area contributed by atoms with E-state index >= 15 is 0 Å². The standard InChI is InChI=1S/C32H38N2O5S/c1-6-32(7-2)20-25(24-15-11-12-16-27(24)39-32)33-30(35)29-21-34(40(36,37)23-13-9-8-10-14-23)26-19-22(31(3,4)5)17-18-28(26)38-29/h8-19,25,29H,6-7,20-21H2,1-5H3,(H,33,35)/t25-,29+/m0/s1. The highest BCUT2D eigenvalue weighted by molar-refractivity contribution is 7.92. The number of ether oxygens (including phenoxy) is 2. The van der Waals surface area contributed by atoms with Crippen molar-refractivity contribution in [1.29, 1.82) is 0 Å². The summed E-state index contributed by atoms with van der Waals surface area (Å²) in [5.41, 5.74) is 1.73. The highest BCUT2D eigenvalue weighted by Gasteiger charge is 2.42. The summed E-state index contributed by atoms with van der Waals surface area (Å²) in [7, 11) is -3.96. The third-order valence-electron chi connectivity index (χ3n) is 8.12. The van der Waals surface area contributed by atoms with Gasteiger partial charge in [-0.3, -0.25) is 9.10 Å². The first kappa shape index (κ1) is 28.0. The minimum atomic E-state index is -3.96. The zero-order chi connectivity index (χ0) is 28.7. The second kappa shape index (κ2) is 10.5. The van der Waals surface area contributed by atoms with Gasteiger partial charge >= 0.3 is 0 Å². The third-order valence-corrected chi connectivity index (χ3v) is 9.91. The maximum atomic E-state index is 13.9. The maximum absolute atomic E-state index is 13.9. The van der Waals surface area contributed by atoms with Crippen molar-refractivity contribution in [3.8, 4) is 11.5 Å². The van der Waals surface area contributed by atoms with Crippen molar-refractivity contribution in [3.05, 3.63) is 83.9 Å². The molecule has 0 radical (unpaired) electrons. The molecule has 0 fully saturated rings. The van der Waals surface area contributed by atoms with Gasteiger partial charge in [0, 0.05) is 12.0 Å². The van der Waals surface area contributed by atoms with E-state index in [0.29, 0.717) is 17.9 Å². The first-order chi connectivity index (χ1) is 19.0. The summed E-state index contributed by atoms with van der Waals surface area (Å²) in [6.45, 7) is 10.3. The van der Waals surface area contributed by atoms with E-state index in [1.54, 1.807) is 36.4 Å². The molecule has 2 heterocycles. The number of carbonyl (C=O) groups is 1. The molecule has 1 N–H and O–H groups in total. The van der Waals surface area contributed by atoms with Gasteiger partial charge in [-0.2, -0.15) is 0 Å². The summed E-state index contributed by atoms with van der Waals surface area (Å²) in [6, 6.07) is 21.3. The van der Waals surface area contributed by atoms with Crippen LogP contribution in [0.1, 0.15) is 71.0 Å². The van der Waals surface area contributed by atoms with Crippen molar-refractivity contribution >= 4 is 21.6 Å². The van der Waals surface area contributed by atoms with Crippen LogP contribution >= 0.6 is 0 Å². The van der Waals surface area contributed by atoms with Crippen LogP contribution in [0, 0.1) is 0 Å². The zero-order valence-electron chi connectivity index (χ0n) is 23.8. The normalized spacial score (nSPS) is 20.0. The molecular formula is C32H38N2O5S. The topological polar surface area (TPSA) is 84.9 Å². The number of para-hydroxylation sites is 1. The van der Waals surface area contributed by atoms with Gasteiger partial charge in [-0.25, -0.2) is 8.42 Å². The number of rotatable bonds is 6. The summed E-state index contributed by atoms with van der Waals surface area (Å²) in [5.74, 6) is 0.769. The van der Waals surface area contributed by atoms with Gasteiger partial charge in [0.05, 0.1) is 23.2 Å². The summed E-state index contributed by atoms with van der Waals surface area (Å²) >= 11 is 0. The Labute approximate surface area is 237 Å². The van der Waals surface area contributed by atoms with E-state index in [0.717, 1.165) is 29.7 Å². The number of anilines is 1. The molecular weight excluding hydrogens is 524 g/mol. The van der Waals surface area contributed by atoms with Gasteiger partial charge < -0.3 is 14.8 Å². The lowest BCUT2D eigenvalue weighted by atomic mass is 9.83. The molecule has 40 heavy (non-hydrogen) atoms. The van der Waals surface area contributed by atoms with Crippen LogP contribution in [0.15, 0.2) is 77.7 Å². The van der Waals surface area contributed by atoms with Gasteiger partial charge in [-0.05, 0) is 54.2 Å². The highest BCUT2D eigenvalue weighted by Crippen LogP contribution is 2.44. The van der Waals surface area contributed by atoms with Crippen molar-refractivity contribution in [3.63, 3.8) is 0 Å². The number of nitrogens with zero attached hydrogens (tertiary/aromatic N) is 1. The summed E-state index contributed by atoms with van der Waals surface area (Å²) in [5, 5.41) is 3.18. The number of fused-ring (bicyclic) bond motifs is 2. The van der Waals surface area contributed by atoms with Crippen molar-refractivity contribution in [2.24, 2.45) is 0 Å². The third kappa shape index (κ3) is 5.17. The lowest BCUT2D eigenvalue weighted by molar-refractivity contribution is -0.129. The molecule has 2 aliphatic heterocycles. The fraction of sp³-hybridized carbons (Fsp3) is 0.406. The molecule has 8 heteroatoms. The smallest absolute Gasteiger partial charge is 0.264 e. The Morgan fingerprint density at radius 1 is 0.975 bits per heavy atom. The number of benzene rings is 3. The predicted molar refractivity (Wildman–Crippen MR) is 156 cm³/mol. The van der Waals surface area contributed by atoms with Crippen LogP contribution in [-0.2, 0) is 20.2 Å². The molecule has 0 aliphatic carbocycles. The number of amides is 1. The lowest BCUT2D eigenvalue weighted by Crippen LogP contribution is -2.53. The van der Waals surface area contributed by atoms with Gasteiger partial charge in [0.25, 0.3) is 15.9 Å². The molecule has 2 atom stereocenters. The number of nitrogens with one attached hydrogen (secondary N) is 1. The Morgan fingerprint density at radius 3 is 2.33 bits per heavy atom. The van der Waals surface area contributed by atoms with Crippen molar-refractivity contribution in [2.75, 3.05) is 10.8 Å². The van der Waals surface area contributed by atoms with Crippen LogP contribution in [-0.4, -0.2) is 32.6 Å². The number of hydrogen-bond acceptors (Lipinski definition) is 5. The SMILES string of the molecule is CCC1(CC)C[C@H](NC(=O)[C@H]2CN(S(=O)(=O)c3ccccc3)c3cc(C(C)(C)C)ccc3O2)c2ccccc2O1. The summed E-state index contributed by atoms with van der Waals surface area (Å²) < 4.78 is 41.8. The average Bonchev–Trinajstić information content (AvgIpc) is 2.96. The molecule has 3 aromatic carbocycles. The molecule has 2 aliphatic rings. The second-order valence-electron chi connectivity index (χ2n) is 11.7. The lowest BCUT2D eigenvalue weighted by Gasteiger charge is -2.42. The van der Waals surface area contributed by atoms with Crippen molar-refractivity contribution in [2.45, 2.75) is 81.9 Å². The van der Waals surface area contributed by atoms with Gasteiger partial charge in [-0.1, -0.05) is 77.1 Å². The molecule has 0 saturated carbocycles. The van der Waals surface area contributed by atoms with Crippen LogP contribution in [0.4, 0.5) is 5.69 Å². The monoisotopic (exact) mass is 562 g/mol. The molecule has 5 rings (SSSR count). The Morgan fingerprint density at radius 2 is 1.65 bits per heavy atom. The molecule has 0 spiro atoms. The maximum Gasteiger partial charge on any atom is 0.264 e. The number of carbonyl (C=O) groups excluding carboxylic acids is 1. The molecule has 0 unspecified atom stereocenters. The minimum absolute atomic E-state index is 0.138. The van der Waals surface area contributed by atoms with Crippen LogP contribution < -0.4 is 19.1 Å². The van der Waals surface area contributed by atoms with Crippen molar-refractivity contribution in [1.82, 2.24) is 5.32 Å². The Kier molecular flexibility index (Phi) is 7.33. The summed E-state index contributed by atoms with van der Waals surface area (Å²) in [4.78, 5) is 14.0. The van der Waals surface area contributed by atoms with Crippen LogP contribution in [0.2, 0.25) is 0 Å². The minimum Gasteiger partial charge on any atom is -0.487 e. The predicted octanol–water partition coefficient (Wildman–Crippen LogP) is 6.14. The largest absolute Gasteiger partial charge is 0.487 e. The molecule has 0 saturated heterocycles. The fourth-order valence-corrected chi connectivity index (χ4v) is 6.99. The van der Waals surface area contributed by atoms with Gasteiger partial charge in [0.15, 0.2) is 6.10 Å². The highest BCUT2D eigenvalue weighted by atomic mass is 32.2. The summed E-state index contributed by atoms with van der Waals surface area (Å²) in [6.07, 6.45) is 1.19. The first-order valence-corrected chi connectivity index (χ1v) is 15.4. The molecule has 212 valence electrons.